The van der Waals surface area contributed by atoms with Gasteiger partial charge < -0.3 is 14.2 Å². The number of rotatable bonds is 11. The third-order valence-corrected chi connectivity index (χ3v) is 3.91. The zero-order valence-electron chi connectivity index (χ0n) is 15.3. The summed E-state index contributed by atoms with van der Waals surface area (Å²) in [6.45, 7) is 5.46. The molecule has 136 valence electrons. The van der Waals surface area contributed by atoms with E-state index in [-0.39, 0.29) is 5.97 Å². The molecular weight excluding hydrogens is 316 g/mol. The quantitative estimate of drug-likeness (QED) is 0.419. The highest BCUT2D eigenvalue weighted by Gasteiger charge is 2.01. The van der Waals surface area contributed by atoms with Crippen LogP contribution in [0.15, 0.2) is 36.4 Å². The summed E-state index contributed by atoms with van der Waals surface area (Å²) in [4.78, 5) is 10.7. The normalized spacial score (nSPS) is 10.6. The Bertz CT molecular complexity index is 666. The fraction of sp³-hybridized carbons (Fsp3) is 0.476. The number of carbonyl (C=O) groups excluding carboxylic acids is 1. The first kappa shape index (κ1) is 19.1. The van der Waals surface area contributed by atoms with Crippen molar-refractivity contribution in [2.24, 2.45) is 0 Å². The van der Waals surface area contributed by atoms with Gasteiger partial charge in [0.1, 0.15) is 11.5 Å². The van der Waals surface area contributed by atoms with Gasteiger partial charge >= 0.3 is 5.97 Å². The van der Waals surface area contributed by atoms with Crippen molar-refractivity contribution in [1.29, 1.82) is 0 Å². The molecule has 0 aliphatic carbocycles. The van der Waals surface area contributed by atoms with E-state index in [4.69, 9.17) is 14.2 Å². The number of ether oxygens (including phenoxy) is 3. The lowest BCUT2D eigenvalue weighted by atomic mass is 10.1. The van der Waals surface area contributed by atoms with Gasteiger partial charge in [-0.3, -0.25) is 4.79 Å². The third-order valence-electron chi connectivity index (χ3n) is 3.91. The molecule has 0 saturated heterocycles. The van der Waals surface area contributed by atoms with Gasteiger partial charge in [0, 0.05) is 6.92 Å². The van der Waals surface area contributed by atoms with Crippen molar-refractivity contribution in [1.82, 2.24) is 0 Å². The summed E-state index contributed by atoms with van der Waals surface area (Å²) in [7, 11) is 0. The fourth-order valence-electron chi connectivity index (χ4n) is 2.53. The van der Waals surface area contributed by atoms with Crippen LogP contribution in [0, 0.1) is 0 Å². The average Bonchev–Trinajstić information content (AvgIpc) is 2.61. The Balaban J connectivity index is 1.80. The predicted octanol–water partition coefficient (Wildman–Crippen LogP) is 5.13. The zero-order chi connectivity index (χ0) is 17.9. The molecule has 0 amide bonds. The molecule has 0 saturated carbocycles. The third kappa shape index (κ3) is 7.04. The average molecular weight is 344 g/mol. The van der Waals surface area contributed by atoms with Crippen LogP contribution >= 0.6 is 0 Å². The molecule has 4 nitrogen and oxygen atoms in total. The smallest absolute Gasteiger partial charge is 0.302 e. The SMILES string of the molecule is CCCCCOc1ccc2cc(OCCCCOC(C)=O)ccc2c1. The van der Waals surface area contributed by atoms with Crippen molar-refractivity contribution in [3.05, 3.63) is 36.4 Å². The number of hydrogen-bond donors (Lipinski definition) is 0. The van der Waals surface area contributed by atoms with Crippen molar-refractivity contribution in [3.63, 3.8) is 0 Å². The van der Waals surface area contributed by atoms with E-state index in [1.807, 2.05) is 18.2 Å². The van der Waals surface area contributed by atoms with Crippen LogP contribution in [-0.2, 0) is 9.53 Å². The van der Waals surface area contributed by atoms with Gasteiger partial charge in [-0.05, 0) is 54.3 Å². The van der Waals surface area contributed by atoms with Crippen LogP contribution in [0.2, 0.25) is 0 Å². The van der Waals surface area contributed by atoms with E-state index >= 15 is 0 Å². The Morgan fingerprint density at radius 1 is 0.800 bits per heavy atom. The van der Waals surface area contributed by atoms with Crippen molar-refractivity contribution in [3.8, 4) is 11.5 Å². The predicted molar refractivity (Wildman–Crippen MR) is 100 cm³/mol. The van der Waals surface area contributed by atoms with Crippen LogP contribution < -0.4 is 9.47 Å². The van der Waals surface area contributed by atoms with E-state index in [0.717, 1.165) is 48.1 Å². The molecular formula is C21H28O4. The number of unbranched alkanes of at least 4 members (excludes halogenated alkanes) is 3. The van der Waals surface area contributed by atoms with Crippen LogP contribution in [0.5, 0.6) is 11.5 Å². The summed E-state index contributed by atoms with van der Waals surface area (Å²) in [5, 5.41) is 2.29. The van der Waals surface area contributed by atoms with Gasteiger partial charge in [-0.1, -0.05) is 31.9 Å². The first-order valence-electron chi connectivity index (χ1n) is 9.12. The molecule has 0 aliphatic rings. The molecule has 0 N–H and O–H groups in total. The van der Waals surface area contributed by atoms with Crippen LogP contribution in [0.1, 0.15) is 46.0 Å². The van der Waals surface area contributed by atoms with Crippen LogP contribution in [0.3, 0.4) is 0 Å². The van der Waals surface area contributed by atoms with Gasteiger partial charge in [-0.2, -0.15) is 0 Å². The Hall–Kier alpha value is -2.23. The van der Waals surface area contributed by atoms with Crippen molar-refractivity contribution in [2.75, 3.05) is 19.8 Å². The molecule has 0 aromatic heterocycles. The standard InChI is InChI=1S/C21H28O4/c1-3-4-5-13-24-20-10-8-19-16-21(11-9-18(19)15-20)25-14-7-6-12-23-17(2)22/h8-11,15-16H,3-7,12-14H2,1-2H3. The highest BCUT2D eigenvalue weighted by Crippen LogP contribution is 2.25. The molecule has 2 aromatic rings. The van der Waals surface area contributed by atoms with Crippen LogP contribution in [0.25, 0.3) is 10.8 Å². The lowest BCUT2D eigenvalue weighted by Crippen LogP contribution is -2.03. The maximum atomic E-state index is 10.7. The minimum Gasteiger partial charge on any atom is -0.494 e. The number of hydrogen-bond acceptors (Lipinski definition) is 4. The molecule has 0 atom stereocenters. The zero-order valence-corrected chi connectivity index (χ0v) is 15.3. The second-order valence-corrected chi connectivity index (χ2v) is 6.12. The Kier molecular flexibility index (Phi) is 8.10. The lowest BCUT2D eigenvalue weighted by Gasteiger charge is -2.09. The molecule has 0 aliphatic heterocycles. The molecule has 2 aromatic carbocycles. The van der Waals surface area contributed by atoms with Crippen molar-refractivity contribution >= 4 is 16.7 Å². The Morgan fingerprint density at radius 3 is 1.84 bits per heavy atom. The van der Waals surface area contributed by atoms with Gasteiger partial charge in [0.05, 0.1) is 19.8 Å². The highest BCUT2D eigenvalue weighted by molar-refractivity contribution is 5.85. The first-order valence-corrected chi connectivity index (χ1v) is 9.12. The Labute approximate surface area is 150 Å². The van der Waals surface area contributed by atoms with Crippen LogP contribution in [-0.4, -0.2) is 25.8 Å². The summed E-state index contributed by atoms with van der Waals surface area (Å²) in [6.07, 6.45) is 5.17. The van der Waals surface area contributed by atoms with E-state index in [2.05, 4.69) is 25.1 Å². The van der Waals surface area contributed by atoms with Crippen molar-refractivity contribution in [2.45, 2.75) is 46.0 Å². The Morgan fingerprint density at radius 2 is 1.32 bits per heavy atom. The summed E-state index contributed by atoms with van der Waals surface area (Å²) in [5.74, 6) is 1.54. The molecule has 4 heteroatoms. The summed E-state index contributed by atoms with van der Waals surface area (Å²) in [5.41, 5.74) is 0. The lowest BCUT2D eigenvalue weighted by molar-refractivity contribution is -0.141. The maximum absolute atomic E-state index is 10.7. The second-order valence-electron chi connectivity index (χ2n) is 6.12. The van der Waals surface area contributed by atoms with E-state index < -0.39 is 0 Å². The molecule has 0 spiro atoms. The van der Waals surface area contributed by atoms with Crippen molar-refractivity contribution < 1.29 is 19.0 Å². The largest absolute Gasteiger partial charge is 0.494 e. The van der Waals surface area contributed by atoms with Gasteiger partial charge in [0.2, 0.25) is 0 Å². The van der Waals surface area contributed by atoms with E-state index in [1.165, 1.54) is 19.8 Å². The summed E-state index contributed by atoms with van der Waals surface area (Å²) >= 11 is 0. The first-order chi connectivity index (χ1) is 12.2. The molecule has 25 heavy (non-hydrogen) atoms. The number of carbonyl (C=O) groups is 1. The number of fused-ring (bicyclic) bond motifs is 1. The molecule has 0 fully saturated rings. The summed E-state index contributed by atoms with van der Waals surface area (Å²) in [6, 6.07) is 12.2. The molecule has 0 unspecified atom stereocenters. The number of esters is 1. The minimum absolute atomic E-state index is 0.232. The van der Waals surface area contributed by atoms with E-state index in [9.17, 15) is 4.79 Å². The topological polar surface area (TPSA) is 44.8 Å². The maximum Gasteiger partial charge on any atom is 0.302 e. The molecule has 2 rings (SSSR count). The van der Waals surface area contributed by atoms with E-state index in [0.29, 0.717) is 13.2 Å². The highest BCUT2D eigenvalue weighted by atomic mass is 16.5. The molecule has 0 bridgehead atoms. The van der Waals surface area contributed by atoms with Gasteiger partial charge in [0.25, 0.3) is 0 Å². The molecule has 0 heterocycles. The van der Waals surface area contributed by atoms with Gasteiger partial charge in [-0.15, -0.1) is 0 Å². The summed E-state index contributed by atoms with van der Waals surface area (Å²) < 4.78 is 16.5. The van der Waals surface area contributed by atoms with E-state index in [1.54, 1.807) is 0 Å². The minimum atomic E-state index is -0.232. The monoisotopic (exact) mass is 344 g/mol. The molecule has 0 radical (unpaired) electrons. The van der Waals surface area contributed by atoms with Gasteiger partial charge in [-0.25, -0.2) is 0 Å². The fourth-order valence-corrected chi connectivity index (χ4v) is 2.53. The van der Waals surface area contributed by atoms with Crippen LogP contribution in [0.4, 0.5) is 0 Å². The number of benzene rings is 2. The second kappa shape index (κ2) is 10.6. The van der Waals surface area contributed by atoms with Gasteiger partial charge in [0.15, 0.2) is 0 Å².